The van der Waals surface area contributed by atoms with Crippen LogP contribution in [0.5, 0.6) is 0 Å². The van der Waals surface area contributed by atoms with Crippen LogP contribution in [0.1, 0.15) is 15.3 Å². The van der Waals surface area contributed by atoms with Gasteiger partial charge in [0.25, 0.3) is 0 Å². The summed E-state index contributed by atoms with van der Waals surface area (Å²) in [5.74, 6) is 2.44. The third-order valence-electron chi connectivity index (χ3n) is 1.42. The van der Waals surface area contributed by atoms with E-state index in [1.807, 2.05) is 0 Å². The Labute approximate surface area is 87.6 Å². The maximum absolute atomic E-state index is 4.24. The van der Waals surface area contributed by atoms with Gasteiger partial charge in [0.2, 0.25) is 0 Å². The molecule has 0 aromatic carbocycles. The molecule has 4 heteroatoms. The Bertz CT molecular complexity index is 207. The van der Waals surface area contributed by atoms with Crippen LogP contribution in [0.15, 0.2) is 6.07 Å². The van der Waals surface area contributed by atoms with E-state index in [9.17, 15) is 0 Å². The molecule has 0 nitrogen and oxygen atoms in total. The quantitative estimate of drug-likeness (QED) is 0.643. The summed E-state index contributed by atoms with van der Waals surface area (Å²) < 4.78 is 0. The SMILES string of the molecule is SCc1cc(CS)c(CS)s1. The van der Waals surface area contributed by atoms with Crippen molar-refractivity contribution in [3.8, 4) is 0 Å². The lowest BCUT2D eigenvalue weighted by Crippen LogP contribution is -1.77. The van der Waals surface area contributed by atoms with Crippen LogP contribution in [0.2, 0.25) is 0 Å². The Balaban J connectivity index is 2.92. The third kappa shape index (κ3) is 2.34. The molecule has 0 saturated heterocycles. The van der Waals surface area contributed by atoms with E-state index in [0.29, 0.717) is 0 Å². The lowest BCUT2D eigenvalue weighted by molar-refractivity contribution is 1.37. The van der Waals surface area contributed by atoms with Gasteiger partial charge in [0, 0.05) is 27.0 Å². The zero-order valence-electron chi connectivity index (χ0n) is 5.95. The number of thiophene rings is 1. The molecule has 0 saturated carbocycles. The van der Waals surface area contributed by atoms with Crippen molar-refractivity contribution in [1.82, 2.24) is 0 Å². The average molecular weight is 222 g/mol. The molecule has 0 N–H and O–H groups in total. The van der Waals surface area contributed by atoms with Crippen molar-refractivity contribution in [2.45, 2.75) is 17.3 Å². The average Bonchev–Trinajstić information content (AvgIpc) is 2.46. The third-order valence-corrected chi connectivity index (χ3v) is 4.02. The molecule has 0 unspecified atom stereocenters. The number of thiol groups is 3. The summed E-state index contributed by atoms with van der Waals surface area (Å²) in [5.41, 5.74) is 1.30. The summed E-state index contributed by atoms with van der Waals surface area (Å²) in [5, 5.41) is 0. The second kappa shape index (κ2) is 4.70. The lowest BCUT2D eigenvalue weighted by Gasteiger charge is -1.92. The van der Waals surface area contributed by atoms with Gasteiger partial charge >= 0.3 is 0 Å². The Hall–Kier alpha value is 0.750. The van der Waals surface area contributed by atoms with Crippen molar-refractivity contribution in [2.75, 3.05) is 0 Å². The standard InChI is InChI=1S/C7H10S4/c8-2-5-1-6(3-9)11-7(5)4-10/h1,8-10H,2-4H2. The molecular formula is C7H10S4. The molecule has 1 heterocycles. The highest BCUT2D eigenvalue weighted by Crippen LogP contribution is 2.26. The summed E-state index contributed by atoms with van der Waals surface area (Å²) in [6.45, 7) is 0. The molecule has 0 aliphatic rings. The van der Waals surface area contributed by atoms with Crippen molar-refractivity contribution in [3.05, 3.63) is 21.4 Å². The van der Waals surface area contributed by atoms with Crippen LogP contribution >= 0.6 is 49.2 Å². The van der Waals surface area contributed by atoms with Crippen LogP contribution in [0.4, 0.5) is 0 Å². The first-order chi connectivity index (χ1) is 5.31. The molecule has 0 radical (unpaired) electrons. The highest BCUT2D eigenvalue weighted by atomic mass is 32.1. The van der Waals surface area contributed by atoms with Crippen molar-refractivity contribution in [1.29, 1.82) is 0 Å². The van der Waals surface area contributed by atoms with Crippen molar-refractivity contribution in [2.24, 2.45) is 0 Å². The van der Waals surface area contributed by atoms with Gasteiger partial charge < -0.3 is 0 Å². The van der Waals surface area contributed by atoms with E-state index < -0.39 is 0 Å². The smallest absolute Gasteiger partial charge is 0.0251 e. The summed E-state index contributed by atoms with van der Waals surface area (Å²) in [6, 6.07) is 2.16. The number of hydrogen-bond donors (Lipinski definition) is 3. The zero-order chi connectivity index (χ0) is 8.27. The highest BCUT2D eigenvalue weighted by molar-refractivity contribution is 7.80. The monoisotopic (exact) mass is 222 g/mol. The van der Waals surface area contributed by atoms with Gasteiger partial charge in [0.1, 0.15) is 0 Å². The van der Waals surface area contributed by atoms with E-state index in [1.165, 1.54) is 15.3 Å². The normalized spacial score (nSPS) is 10.5. The lowest BCUT2D eigenvalue weighted by atomic mass is 10.3. The fourth-order valence-corrected chi connectivity index (χ4v) is 2.85. The van der Waals surface area contributed by atoms with Gasteiger partial charge in [-0.3, -0.25) is 0 Å². The summed E-state index contributed by atoms with van der Waals surface area (Å²) in [4.78, 5) is 2.63. The van der Waals surface area contributed by atoms with Crippen molar-refractivity contribution >= 4 is 49.2 Å². The fourth-order valence-electron chi connectivity index (χ4n) is 0.874. The molecule has 0 aliphatic carbocycles. The van der Waals surface area contributed by atoms with Gasteiger partial charge in [0.05, 0.1) is 0 Å². The maximum Gasteiger partial charge on any atom is 0.0251 e. The first-order valence-electron chi connectivity index (χ1n) is 3.24. The molecule has 62 valence electrons. The molecule has 0 bridgehead atoms. The van der Waals surface area contributed by atoms with E-state index in [-0.39, 0.29) is 0 Å². The van der Waals surface area contributed by atoms with Gasteiger partial charge in [-0.05, 0) is 11.6 Å². The minimum absolute atomic E-state index is 0.806. The summed E-state index contributed by atoms with van der Waals surface area (Å²) in [7, 11) is 0. The van der Waals surface area contributed by atoms with Crippen molar-refractivity contribution < 1.29 is 0 Å². The minimum Gasteiger partial charge on any atom is -0.175 e. The number of hydrogen-bond acceptors (Lipinski definition) is 4. The first kappa shape index (κ1) is 9.84. The second-order valence-corrected chi connectivity index (χ2v) is 4.31. The Morgan fingerprint density at radius 1 is 1.09 bits per heavy atom. The molecule has 0 amide bonds. The predicted octanol–water partition coefficient (Wildman–Crippen LogP) is 3.04. The fraction of sp³-hybridized carbons (Fsp3) is 0.429. The topological polar surface area (TPSA) is 0 Å². The van der Waals surface area contributed by atoms with Crippen LogP contribution in [0, 0.1) is 0 Å². The second-order valence-electron chi connectivity index (χ2n) is 2.14. The molecule has 11 heavy (non-hydrogen) atoms. The van der Waals surface area contributed by atoms with Crippen LogP contribution < -0.4 is 0 Å². The Morgan fingerprint density at radius 3 is 2.18 bits per heavy atom. The maximum atomic E-state index is 4.24. The molecule has 0 spiro atoms. The first-order valence-corrected chi connectivity index (χ1v) is 5.96. The van der Waals surface area contributed by atoms with Gasteiger partial charge in [-0.2, -0.15) is 37.9 Å². The Kier molecular flexibility index (Phi) is 4.20. The van der Waals surface area contributed by atoms with Crippen molar-refractivity contribution in [3.63, 3.8) is 0 Å². The molecule has 0 atom stereocenters. The van der Waals surface area contributed by atoms with Gasteiger partial charge in [0.15, 0.2) is 0 Å². The van der Waals surface area contributed by atoms with Crippen LogP contribution in [0.3, 0.4) is 0 Å². The molecule has 1 aromatic rings. The molecule has 1 rings (SSSR count). The summed E-state index contributed by atoms with van der Waals surface area (Å²) >= 11 is 14.5. The molecular weight excluding hydrogens is 212 g/mol. The largest absolute Gasteiger partial charge is 0.175 e. The zero-order valence-corrected chi connectivity index (χ0v) is 9.45. The van der Waals surface area contributed by atoms with E-state index in [1.54, 1.807) is 11.3 Å². The van der Waals surface area contributed by atoms with E-state index in [2.05, 4.69) is 44.0 Å². The van der Waals surface area contributed by atoms with E-state index >= 15 is 0 Å². The highest BCUT2D eigenvalue weighted by Gasteiger charge is 2.04. The van der Waals surface area contributed by atoms with Gasteiger partial charge in [-0.15, -0.1) is 11.3 Å². The molecule has 0 fully saturated rings. The van der Waals surface area contributed by atoms with Crippen LogP contribution in [0.25, 0.3) is 0 Å². The Morgan fingerprint density at radius 2 is 1.82 bits per heavy atom. The molecule has 1 aromatic heterocycles. The van der Waals surface area contributed by atoms with Gasteiger partial charge in [-0.1, -0.05) is 0 Å². The van der Waals surface area contributed by atoms with Gasteiger partial charge in [-0.25, -0.2) is 0 Å². The minimum atomic E-state index is 0.806. The summed E-state index contributed by atoms with van der Waals surface area (Å²) in [6.07, 6.45) is 0. The predicted molar refractivity (Wildman–Crippen MR) is 62.4 cm³/mol. The van der Waals surface area contributed by atoms with E-state index in [0.717, 1.165) is 17.3 Å². The van der Waals surface area contributed by atoms with E-state index in [4.69, 9.17) is 0 Å². The number of rotatable bonds is 3. The van der Waals surface area contributed by atoms with Crippen LogP contribution in [-0.4, -0.2) is 0 Å². The molecule has 0 aliphatic heterocycles. The van der Waals surface area contributed by atoms with Crippen LogP contribution in [-0.2, 0) is 17.3 Å².